The van der Waals surface area contributed by atoms with Gasteiger partial charge in [-0.2, -0.15) is 11.8 Å². The summed E-state index contributed by atoms with van der Waals surface area (Å²) in [5.41, 5.74) is 6.83. The van der Waals surface area contributed by atoms with Crippen molar-refractivity contribution < 1.29 is 4.74 Å². The lowest BCUT2D eigenvalue weighted by molar-refractivity contribution is -0.232. The lowest BCUT2D eigenvalue weighted by Crippen LogP contribution is -2.80. The Bertz CT molecular complexity index is 323. The molecule has 0 aromatic heterocycles. The molecule has 3 nitrogen and oxygen atoms in total. The molecule has 2 fully saturated rings. The highest BCUT2D eigenvalue weighted by Gasteiger charge is 2.66. The van der Waals surface area contributed by atoms with Crippen LogP contribution in [0.3, 0.4) is 0 Å². The first-order valence-electron chi connectivity index (χ1n) is 7.44. The quantitative estimate of drug-likeness (QED) is 0.841. The fourth-order valence-electron chi connectivity index (χ4n) is 3.92. The molecule has 0 aromatic rings. The minimum absolute atomic E-state index is 0.0887. The molecule has 19 heavy (non-hydrogen) atoms. The van der Waals surface area contributed by atoms with Gasteiger partial charge in [-0.25, -0.2) is 0 Å². The van der Waals surface area contributed by atoms with E-state index in [9.17, 15) is 0 Å². The molecule has 0 bridgehead atoms. The van der Waals surface area contributed by atoms with Crippen molar-refractivity contribution in [3.63, 3.8) is 0 Å². The molecule has 1 heterocycles. The Morgan fingerprint density at radius 1 is 1.47 bits per heavy atom. The van der Waals surface area contributed by atoms with Gasteiger partial charge in [0, 0.05) is 41.8 Å². The first kappa shape index (κ1) is 15.6. The van der Waals surface area contributed by atoms with Gasteiger partial charge in [0.1, 0.15) is 0 Å². The number of hydrogen-bond acceptors (Lipinski definition) is 4. The number of nitrogens with zero attached hydrogens (tertiary/aromatic N) is 1. The summed E-state index contributed by atoms with van der Waals surface area (Å²) >= 11 is 1.91. The van der Waals surface area contributed by atoms with Crippen LogP contribution in [0.2, 0.25) is 0 Å². The van der Waals surface area contributed by atoms with Crippen LogP contribution in [0.5, 0.6) is 0 Å². The minimum Gasteiger partial charge on any atom is -0.377 e. The molecule has 1 aliphatic carbocycles. The largest absolute Gasteiger partial charge is 0.377 e. The summed E-state index contributed by atoms with van der Waals surface area (Å²) in [5.74, 6) is 1.71. The second-order valence-electron chi connectivity index (χ2n) is 7.02. The van der Waals surface area contributed by atoms with Gasteiger partial charge in [0.2, 0.25) is 0 Å². The summed E-state index contributed by atoms with van der Waals surface area (Å²) in [4.78, 5) is 2.43. The van der Waals surface area contributed by atoms with Crippen LogP contribution in [0.4, 0.5) is 0 Å². The minimum atomic E-state index is -0.0977. The zero-order chi connectivity index (χ0) is 14.3. The Balaban J connectivity index is 2.05. The van der Waals surface area contributed by atoms with E-state index < -0.39 is 0 Å². The summed E-state index contributed by atoms with van der Waals surface area (Å²) in [6.07, 6.45) is 4.94. The van der Waals surface area contributed by atoms with E-state index in [4.69, 9.17) is 10.5 Å². The maximum absolute atomic E-state index is 6.84. The number of hydrogen-bond donors (Lipinski definition) is 1. The molecule has 2 aliphatic rings. The van der Waals surface area contributed by atoms with E-state index >= 15 is 0 Å². The van der Waals surface area contributed by atoms with Crippen LogP contribution in [-0.4, -0.2) is 54.8 Å². The van der Waals surface area contributed by atoms with Crippen molar-refractivity contribution in [3.05, 3.63) is 0 Å². The molecule has 4 atom stereocenters. The van der Waals surface area contributed by atoms with Crippen LogP contribution in [-0.2, 0) is 4.74 Å². The fraction of sp³-hybridized carbons (Fsp3) is 1.00. The number of thioether (sulfide) groups is 1. The molecular weight excluding hydrogens is 256 g/mol. The Labute approximate surface area is 122 Å². The van der Waals surface area contributed by atoms with Crippen molar-refractivity contribution >= 4 is 11.8 Å². The van der Waals surface area contributed by atoms with Crippen molar-refractivity contribution in [3.8, 4) is 0 Å². The smallest absolute Gasteiger partial charge is 0.0690 e. The van der Waals surface area contributed by atoms with E-state index in [0.29, 0.717) is 18.1 Å². The third-order valence-electron chi connectivity index (χ3n) is 5.57. The van der Waals surface area contributed by atoms with Crippen LogP contribution >= 0.6 is 11.8 Å². The van der Waals surface area contributed by atoms with Gasteiger partial charge in [-0.05, 0) is 33.1 Å². The highest BCUT2D eigenvalue weighted by molar-refractivity contribution is 7.98. The molecule has 1 aliphatic heterocycles. The number of likely N-dealkylation sites (N-methyl/N-ethyl adjacent to an activating group) is 1. The Morgan fingerprint density at radius 3 is 2.79 bits per heavy atom. The van der Waals surface area contributed by atoms with Gasteiger partial charge < -0.3 is 15.4 Å². The Hall–Kier alpha value is 0.230. The first-order valence-corrected chi connectivity index (χ1v) is 8.83. The third-order valence-corrected chi connectivity index (χ3v) is 6.38. The summed E-state index contributed by atoms with van der Waals surface area (Å²) in [6, 6.07) is 0.579. The predicted molar refractivity (Wildman–Crippen MR) is 83.6 cm³/mol. The molecule has 112 valence electrons. The lowest BCUT2D eigenvalue weighted by atomic mass is 9.46. The number of rotatable bonds is 5. The van der Waals surface area contributed by atoms with Crippen molar-refractivity contribution in [1.82, 2.24) is 4.90 Å². The molecule has 4 heteroatoms. The molecule has 4 unspecified atom stereocenters. The summed E-state index contributed by atoms with van der Waals surface area (Å²) in [6.45, 7) is 8.76. The molecule has 0 aromatic carbocycles. The van der Waals surface area contributed by atoms with Gasteiger partial charge in [-0.1, -0.05) is 13.8 Å². The second kappa shape index (κ2) is 5.55. The molecule has 0 radical (unpaired) electrons. The molecule has 2 N–H and O–H groups in total. The highest BCUT2D eigenvalue weighted by Crippen LogP contribution is 2.57. The summed E-state index contributed by atoms with van der Waals surface area (Å²) in [5, 5.41) is 0. The zero-order valence-corrected chi connectivity index (χ0v) is 13.9. The van der Waals surface area contributed by atoms with Gasteiger partial charge in [0.25, 0.3) is 0 Å². The average Bonchev–Trinajstić information content (AvgIpc) is 2.38. The maximum atomic E-state index is 6.84. The second-order valence-corrected chi connectivity index (χ2v) is 7.93. The van der Waals surface area contributed by atoms with E-state index in [1.54, 1.807) is 0 Å². The van der Waals surface area contributed by atoms with Gasteiger partial charge in [-0.3, -0.25) is 0 Å². The predicted octanol–water partition coefficient (Wildman–Crippen LogP) is 2.20. The number of nitrogens with two attached hydrogens (primary N) is 1. The van der Waals surface area contributed by atoms with Crippen molar-refractivity contribution in [2.75, 3.05) is 32.2 Å². The topological polar surface area (TPSA) is 38.5 Å². The molecule has 1 saturated carbocycles. The molecule has 0 amide bonds. The molecule has 0 spiro atoms. The van der Waals surface area contributed by atoms with Crippen molar-refractivity contribution in [1.29, 1.82) is 0 Å². The molecule has 2 rings (SSSR count). The van der Waals surface area contributed by atoms with Gasteiger partial charge in [0.15, 0.2) is 0 Å². The van der Waals surface area contributed by atoms with E-state index in [1.165, 1.54) is 12.8 Å². The first-order chi connectivity index (χ1) is 8.84. The molecular formula is C15H30N2OS. The highest BCUT2D eigenvalue weighted by atomic mass is 32.2. The normalized spacial score (nSPS) is 38.7. The van der Waals surface area contributed by atoms with Crippen molar-refractivity contribution in [2.24, 2.45) is 17.1 Å². The number of ether oxygens (including phenoxy) is 1. The van der Waals surface area contributed by atoms with E-state index in [-0.39, 0.29) is 11.0 Å². The van der Waals surface area contributed by atoms with Gasteiger partial charge in [0.05, 0.1) is 6.10 Å². The van der Waals surface area contributed by atoms with Crippen LogP contribution in [0.15, 0.2) is 0 Å². The number of fused-ring (bicyclic) bond motifs is 1. The zero-order valence-electron chi connectivity index (χ0n) is 13.1. The van der Waals surface area contributed by atoms with Crippen LogP contribution < -0.4 is 5.73 Å². The Kier molecular flexibility index (Phi) is 4.56. The van der Waals surface area contributed by atoms with E-state index in [2.05, 4.69) is 39.0 Å². The van der Waals surface area contributed by atoms with Crippen molar-refractivity contribution in [2.45, 2.75) is 51.3 Å². The lowest BCUT2D eigenvalue weighted by Gasteiger charge is -2.67. The van der Waals surface area contributed by atoms with Crippen LogP contribution in [0.1, 0.15) is 33.6 Å². The summed E-state index contributed by atoms with van der Waals surface area (Å²) < 4.78 is 5.97. The monoisotopic (exact) mass is 286 g/mol. The average molecular weight is 286 g/mol. The standard InChI is InChI=1S/C15H30N2OS/c1-11(9-19-5)17(4)10-15(16)12-7-6-8-18-13(12)14(15,2)3/h11-13H,6-10,16H2,1-5H3. The van der Waals surface area contributed by atoms with E-state index in [0.717, 1.165) is 18.9 Å². The SMILES string of the molecule is CSCC(C)N(C)CC1(N)C2CCCOC2C1(C)C. The maximum Gasteiger partial charge on any atom is 0.0690 e. The molecule has 1 saturated heterocycles. The van der Waals surface area contributed by atoms with Crippen LogP contribution in [0, 0.1) is 11.3 Å². The Morgan fingerprint density at radius 2 is 2.16 bits per heavy atom. The van der Waals surface area contributed by atoms with Gasteiger partial charge in [-0.15, -0.1) is 0 Å². The summed E-state index contributed by atoms with van der Waals surface area (Å²) in [7, 11) is 2.21. The fourth-order valence-corrected chi connectivity index (χ4v) is 4.66. The third kappa shape index (κ3) is 2.45. The van der Waals surface area contributed by atoms with E-state index in [1.807, 2.05) is 11.8 Å². The van der Waals surface area contributed by atoms with Gasteiger partial charge >= 0.3 is 0 Å². The van der Waals surface area contributed by atoms with Crippen LogP contribution in [0.25, 0.3) is 0 Å².